The van der Waals surface area contributed by atoms with Crippen LogP contribution < -0.4 is 4.90 Å². The Morgan fingerprint density at radius 1 is 1.25 bits per heavy atom. The van der Waals surface area contributed by atoms with Crippen LogP contribution in [0.5, 0.6) is 0 Å². The summed E-state index contributed by atoms with van der Waals surface area (Å²) in [6.45, 7) is 1.61. The number of benzene rings is 1. The lowest BCUT2D eigenvalue weighted by atomic mass is 9.74. The zero-order valence-electron chi connectivity index (χ0n) is 13.5. The third kappa shape index (κ3) is 3.55. The summed E-state index contributed by atoms with van der Waals surface area (Å²) < 4.78 is 13.4. The zero-order chi connectivity index (χ0) is 17.0. The van der Waals surface area contributed by atoms with Gasteiger partial charge in [0.1, 0.15) is 11.6 Å². The first kappa shape index (κ1) is 16.4. The Kier molecular flexibility index (Phi) is 4.77. The molecule has 1 fully saturated rings. The molecule has 1 aromatic carbocycles. The van der Waals surface area contributed by atoms with Crippen molar-refractivity contribution in [3.8, 4) is 6.07 Å². The first-order chi connectivity index (χ1) is 11.6. The number of nitriles is 1. The van der Waals surface area contributed by atoms with E-state index in [1.807, 2.05) is 6.07 Å². The van der Waals surface area contributed by atoms with Crippen molar-refractivity contribution < 1.29 is 9.50 Å². The standard InChI is InChI=1S/C19H20FN3O/c20-17-3-1-2-15(10-17)12-19(14-24)5-8-23(9-6-19)18-11-16(13-21)4-7-22-18/h1-4,7,10-11,24H,5-6,8-9,12,14H2. The largest absolute Gasteiger partial charge is 0.396 e. The minimum Gasteiger partial charge on any atom is -0.396 e. The van der Waals surface area contributed by atoms with Gasteiger partial charge in [-0.25, -0.2) is 9.37 Å². The summed E-state index contributed by atoms with van der Waals surface area (Å²) in [6, 6.07) is 12.2. The third-order valence-corrected chi connectivity index (χ3v) is 4.83. The molecular formula is C19H20FN3O. The van der Waals surface area contributed by atoms with Gasteiger partial charge in [0.2, 0.25) is 0 Å². The summed E-state index contributed by atoms with van der Waals surface area (Å²) >= 11 is 0. The lowest BCUT2D eigenvalue weighted by molar-refractivity contribution is 0.0960. The van der Waals surface area contributed by atoms with Crippen LogP contribution in [0.3, 0.4) is 0 Å². The Balaban J connectivity index is 1.70. The normalized spacial score (nSPS) is 16.6. The molecule has 124 valence electrons. The van der Waals surface area contributed by atoms with E-state index in [-0.39, 0.29) is 17.8 Å². The molecule has 2 aromatic rings. The van der Waals surface area contributed by atoms with E-state index >= 15 is 0 Å². The molecule has 1 aliphatic heterocycles. The van der Waals surface area contributed by atoms with Crippen LogP contribution >= 0.6 is 0 Å². The monoisotopic (exact) mass is 325 g/mol. The predicted octanol–water partition coefficient (Wildman–Crippen LogP) is 2.91. The van der Waals surface area contributed by atoms with E-state index in [2.05, 4.69) is 16.0 Å². The van der Waals surface area contributed by atoms with Gasteiger partial charge < -0.3 is 10.0 Å². The third-order valence-electron chi connectivity index (χ3n) is 4.83. The second-order valence-corrected chi connectivity index (χ2v) is 6.47. The highest BCUT2D eigenvalue weighted by atomic mass is 19.1. The molecule has 0 aliphatic carbocycles. The van der Waals surface area contributed by atoms with Crippen molar-refractivity contribution in [1.82, 2.24) is 4.98 Å². The van der Waals surface area contributed by atoms with Crippen LogP contribution in [0.2, 0.25) is 0 Å². The van der Waals surface area contributed by atoms with Gasteiger partial charge in [0.15, 0.2) is 0 Å². The Hall–Kier alpha value is -2.45. The molecule has 5 heteroatoms. The molecule has 0 atom stereocenters. The van der Waals surface area contributed by atoms with E-state index in [1.165, 1.54) is 6.07 Å². The number of aliphatic hydroxyl groups excluding tert-OH is 1. The van der Waals surface area contributed by atoms with Gasteiger partial charge in [0.25, 0.3) is 0 Å². The minimum absolute atomic E-state index is 0.0863. The lowest BCUT2D eigenvalue weighted by Crippen LogP contribution is -2.43. The number of hydrogen-bond donors (Lipinski definition) is 1. The fraction of sp³-hybridized carbons (Fsp3) is 0.368. The number of pyridine rings is 1. The number of nitrogens with zero attached hydrogens (tertiary/aromatic N) is 3. The number of aromatic nitrogens is 1. The van der Waals surface area contributed by atoms with E-state index in [0.29, 0.717) is 12.0 Å². The number of rotatable bonds is 4. The molecule has 0 spiro atoms. The van der Waals surface area contributed by atoms with Crippen molar-refractivity contribution in [3.63, 3.8) is 0 Å². The van der Waals surface area contributed by atoms with Crippen LogP contribution in [0.15, 0.2) is 42.6 Å². The maximum absolute atomic E-state index is 13.4. The van der Waals surface area contributed by atoms with Crippen LogP contribution in [0, 0.1) is 22.6 Å². The van der Waals surface area contributed by atoms with Gasteiger partial charge in [0, 0.05) is 31.3 Å². The molecule has 1 N–H and O–H groups in total. The summed E-state index contributed by atoms with van der Waals surface area (Å²) in [5, 5.41) is 18.9. The van der Waals surface area contributed by atoms with Gasteiger partial charge in [-0.3, -0.25) is 0 Å². The van der Waals surface area contributed by atoms with Crippen molar-refractivity contribution in [1.29, 1.82) is 5.26 Å². The Morgan fingerprint density at radius 2 is 2.04 bits per heavy atom. The van der Waals surface area contributed by atoms with E-state index < -0.39 is 0 Å². The maximum Gasteiger partial charge on any atom is 0.129 e. The molecule has 24 heavy (non-hydrogen) atoms. The second-order valence-electron chi connectivity index (χ2n) is 6.47. The smallest absolute Gasteiger partial charge is 0.129 e. The van der Waals surface area contributed by atoms with Crippen molar-refractivity contribution >= 4 is 5.82 Å². The molecule has 4 nitrogen and oxygen atoms in total. The van der Waals surface area contributed by atoms with Crippen LogP contribution in [-0.4, -0.2) is 29.8 Å². The van der Waals surface area contributed by atoms with Crippen molar-refractivity contribution in [2.24, 2.45) is 5.41 Å². The minimum atomic E-state index is -0.240. The van der Waals surface area contributed by atoms with E-state index in [0.717, 1.165) is 37.3 Å². The Labute approximate surface area is 141 Å². The number of halogens is 1. The Morgan fingerprint density at radius 3 is 2.71 bits per heavy atom. The summed E-state index contributed by atoms with van der Waals surface area (Å²) in [7, 11) is 0. The van der Waals surface area contributed by atoms with Gasteiger partial charge in [-0.2, -0.15) is 5.26 Å². The van der Waals surface area contributed by atoms with Gasteiger partial charge in [-0.1, -0.05) is 12.1 Å². The average molecular weight is 325 g/mol. The van der Waals surface area contributed by atoms with Crippen LogP contribution in [0.4, 0.5) is 10.2 Å². The number of anilines is 1. The highest BCUT2D eigenvalue weighted by Gasteiger charge is 2.34. The van der Waals surface area contributed by atoms with Crippen LogP contribution in [-0.2, 0) is 6.42 Å². The molecule has 0 unspecified atom stereocenters. The van der Waals surface area contributed by atoms with Gasteiger partial charge in [-0.05, 0) is 49.1 Å². The van der Waals surface area contributed by atoms with Crippen molar-refractivity contribution in [2.75, 3.05) is 24.6 Å². The van der Waals surface area contributed by atoms with Gasteiger partial charge in [0.05, 0.1) is 11.6 Å². The SMILES string of the molecule is N#Cc1ccnc(N2CCC(CO)(Cc3cccc(F)c3)CC2)c1. The highest BCUT2D eigenvalue weighted by Crippen LogP contribution is 2.36. The molecule has 1 saturated heterocycles. The van der Waals surface area contributed by atoms with E-state index in [1.54, 1.807) is 30.5 Å². The zero-order valence-corrected chi connectivity index (χ0v) is 13.5. The van der Waals surface area contributed by atoms with Crippen molar-refractivity contribution in [2.45, 2.75) is 19.3 Å². The summed E-state index contributed by atoms with van der Waals surface area (Å²) in [5.74, 6) is 0.557. The topological polar surface area (TPSA) is 60.2 Å². The first-order valence-corrected chi connectivity index (χ1v) is 8.11. The molecule has 0 bridgehead atoms. The highest BCUT2D eigenvalue weighted by molar-refractivity contribution is 5.45. The number of aliphatic hydroxyl groups is 1. The molecule has 0 saturated carbocycles. The van der Waals surface area contributed by atoms with Gasteiger partial charge in [-0.15, -0.1) is 0 Å². The summed E-state index contributed by atoms with van der Waals surface area (Å²) in [4.78, 5) is 6.48. The fourth-order valence-corrected chi connectivity index (χ4v) is 3.34. The fourth-order valence-electron chi connectivity index (χ4n) is 3.34. The molecule has 0 amide bonds. The van der Waals surface area contributed by atoms with Crippen LogP contribution in [0.25, 0.3) is 0 Å². The molecule has 1 aromatic heterocycles. The lowest BCUT2D eigenvalue weighted by Gasteiger charge is -2.41. The average Bonchev–Trinajstić information content (AvgIpc) is 2.62. The molecule has 3 rings (SSSR count). The van der Waals surface area contributed by atoms with Crippen LogP contribution in [0.1, 0.15) is 24.0 Å². The number of piperidine rings is 1. The van der Waals surface area contributed by atoms with E-state index in [9.17, 15) is 9.50 Å². The summed E-state index contributed by atoms with van der Waals surface area (Å²) in [6.07, 6.45) is 3.92. The van der Waals surface area contributed by atoms with E-state index in [4.69, 9.17) is 5.26 Å². The number of hydrogen-bond acceptors (Lipinski definition) is 4. The molecule has 0 radical (unpaired) electrons. The van der Waals surface area contributed by atoms with Gasteiger partial charge >= 0.3 is 0 Å². The first-order valence-electron chi connectivity index (χ1n) is 8.11. The summed E-state index contributed by atoms with van der Waals surface area (Å²) in [5.41, 5.74) is 1.29. The molecule has 2 heterocycles. The predicted molar refractivity (Wildman–Crippen MR) is 90.0 cm³/mol. The maximum atomic E-state index is 13.4. The molecule has 1 aliphatic rings. The second kappa shape index (κ2) is 6.98. The Bertz CT molecular complexity index is 748. The quantitative estimate of drug-likeness (QED) is 0.939. The van der Waals surface area contributed by atoms with Crippen molar-refractivity contribution in [3.05, 3.63) is 59.5 Å². The molecular weight excluding hydrogens is 305 g/mol.